The van der Waals surface area contributed by atoms with Gasteiger partial charge in [-0.15, -0.1) is 0 Å². The average molecular weight is 206 g/mol. The van der Waals surface area contributed by atoms with E-state index in [0.717, 1.165) is 18.4 Å². The molecule has 1 nitrogen and oxygen atoms in total. The minimum absolute atomic E-state index is 0.276. The van der Waals surface area contributed by atoms with Gasteiger partial charge in [-0.3, -0.25) is 0 Å². The van der Waals surface area contributed by atoms with Crippen molar-refractivity contribution >= 4 is 5.57 Å². The van der Waals surface area contributed by atoms with Crippen molar-refractivity contribution in [2.24, 2.45) is 0 Å². The van der Waals surface area contributed by atoms with E-state index in [1.54, 1.807) is 12.1 Å². The molecule has 0 spiro atoms. The van der Waals surface area contributed by atoms with Crippen LogP contribution in [0.4, 0.5) is 4.39 Å². The Morgan fingerprint density at radius 3 is 2.73 bits per heavy atom. The first-order valence-corrected chi connectivity index (χ1v) is 5.34. The average Bonchev–Trinajstić information content (AvgIpc) is 2.30. The molecular formula is C13H15FO. The lowest BCUT2D eigenvalue weighted by molar-refractivity contribution is 0.386. The van der Waals surface area contributed by atoms with Crippen molar-refractivity contribution in [3.05, 3.63) is 35.7 Å². The number of hydrogen-bond donors (Lipinski definition) is 0. The molecule has 1 aromatic rings. The van der Waals surface area contributed by atoms with Gasteiger partial charge in [-0.05, 0) is 49.0 Å². The normalized spacial score (nSPS) is 16.0. The quantitative estimate of drug-likeness (QED) is 0.715. The van der Waals surface area contributed by atoms with Gasteiger partial charge in [-0.25, -0.2) is 4.39 Å². The molecule has 0 radical (unpaired) electrons. The second kappa shape index (κ2) is 4.47. The molecule has 0 aromatic heterocycles. The lowest BCUT2D eigenvalue weighted by atomic mass is 9.94. The summed E-state index contributed by atoms with van der Waals surface area (Å²) >= 11 is 0. The van der Waals surface area contributed by atoms with Gasteiger partial charge in [-0.1, -0.05) is 12.1 Å². The summed E-state index contributed by atoms with van der Waals surface area (Å²) in [5.74, 6) is 0.0385. The van der Waals surface area contributed by atoms with E-state index >= 15 is 0 Å². The van der Waals surface area contributed by atoms with Crippen molar-refractivity contribution in [1.29, 1.82) is 0 Å². The number of ether oxygens (including phenoxy) is 1. The Hall–Kier alpha value is -1.31. The number of methoxy groups -OCH3 is 1. The zero-order chi connectivity index (χ0) is 10.7. The maximum Gasteiger partial charge on any atom is 0.165 e. The molecule has 0 saturated carbocycles. The van der Waals surface area contributed by atoms with Crippen molar-refractivity contribution in [2.45, 2.75) is 25.7 Å². The van der Waals surface area contributed by atoms with Crippen molar-refractivity contribution in [3.63, 3.8) is 0 Å². The minimum Gasteiger partial charge on any atom is -0.494 e. The Kier molecular flexibility index (Phi) is 3.05. The van der Waals surface area contributed by atoms with E-state index < -0.39 is 0 Å². The van der Waals surface area contributed by atoms with Crippen LogP contribution in [-0.4, -0.2) is 7.11 Å². The van der Waals surface area contributed by atoms with Gasteiger partial charge in [0.2, 0.25) is 0 Å². The van der Waals surface area contributed by atoms with E-state index in [0.29, 0.717) is 5.75 Å². The maximum atomic E-state index is 13.5. The number of halogens is 1. The summed E-state index contributed by atoms with van der Waals surface area (Å²) in [7, 11) is 1.48. The van der Waals surface area contributed by atoms with Crippen molar-refractivity contribution in [1.82, 2.24) is 0 Å². The molecule has 2 rings (SSSR count). The van der Waals surface area contributed by atoms with E-state index in [-0.39, 0.29) is 5.82 Å². The molecule has 0 fully saturated rings. The van der Waals surface area contributed by atoms with Gasteiger partial charge in [0, 0.05) is 0 Å². The summed E-state index contributed by atoms with van der Waals surface area (Å²) in [4.78, 5) is 0. The Morgan fingerprint density at radius 1 is 1.27 bits per heavy atom. The second-order valence-corrected chi connectivity index (χ2v) is 3.82. The van der Waals surface area contributed by atoms with E-state index in [9.17, 15) is 4.39 Å². The number of rotatable bonds is 2. The van der Waals surface area contributed by atoms with Crippen LogP contribution in [0.15, 0.2) is 24.3 Å². The molecular weight excluding hydrogens is 191 g/mol. The van der Waals surface area contributed by atoms with Crippen molar-refractivity contribution < 1.29 is 9.13 Å². The largest absolute Gasteiger partial charge is 0.494 e. The van der Waals surface area contributed by atoms with Gasteiger partial charge in [0.25, 0.3) is 0 Å². The fourth-order valence-electron chi connectivity index (χ4n) is 1.97. The molecule has 0 amide bonds. The van der Waals surface area contributed by atoms with Crippen LogP contribution >= 0.6 is 0 Å². The van der Waals surface area contributed by atoms with Crippen molar-refractivity contribution in [2.75, 3.05) is 7.11 Å². The second-order valence-electron chi connectivity index (χ2n) is 3.82. The van der Waals surface area contributed by atoms with Crippen LogP contribution in [0.25, 0.3) is 5.57 Å². The van der Waals surface area contributed by atoms with E-state index in [1.807, 2.05) is 6.07 Å². The van der Waals surface area contributed by atoms with Crippen LogP contribution < -0.4 is 4.74 Å². The highest BCUT2D eigenvalue weighted by atomic mass is 19.1. The van der Waals surface area contributed by atoms with Crippen LogP contribution in [0, 0.1) is 5.82 Å². The SMILES string of the molecule is COc1ccc(C2=CCCCC2)cc1F. The minimum atomic E-state index is -0.276. The number of hydrogen-bond acceptors (Lipinski definition) is 1. The zero-order valence-corrected chi connectivity index (χ0v) is 8.92. The molecule has 15 heavy (non-hydrogen) atoms. The summed E-state index contributed by atoms with van der Waals surface area (Å²) in [6.45, 7) is 0. The summed E-state index contributed by atoms with van der Waals surface area (Å²) < 4.78 is 18.3. The van der Waals surface area contributed by atoms with E-state index in [1.165, 1.54) is 25.5 Å². The molecule has 0 heterocycles. The Bertz CT molecular complexity index is 382. The maximum absolute atomic E-state index is 13.5. The Balaban J connectivity index is 2.29. The summed E-state index contributed by atoms with van der Waals surface area (Å²) in [6.07, 6.45) is 6.85. The molecule has 80 valence electrons. The first kappa shape index (κ1) is 10.2. The fraction of sp³-hybridized carbons (Fsp3) is 0.385. The third-order valence-corrected chi connectivity index (χ3v) is 2.81. The van der Waals surface area contributed by atoms with Crippen molar-refractivity contribution in [3.8, 4) is 5.75 Å². The topological polar surface area (TPSA) is 9.23 Å². The van der Waals surface area contributed by atoms with Gasteiger partial charge in [-0.2, -0.15) is 0 Å². The van der Waals surface area contributed by atoms with Gasteiger partial charge in [0.15, 0.2) is 11.6 Å². The smallest absolute Gasteiger partial charge is 0.165 e. The Labute approximate surface area is 89.6 Å². The third-order valence-electron chi connectivity index (χ3n) is 2.81. The zero-order valence-electron chi connectivity index (χ0n) is 8.92. The highest BCUT2D eigenvalue weighted by molar-refractivity contribution is 5.66. The monoisotopic (exact) mass is 206 g/mol. The lowest BCUT2D eigenvalue weighted by Gasteiger charge is -2.13. The number of benzene rings is 1. The standard InChI is InChI=1S/C13H15FO/c1-15-13-8-7-11(9-12(13)14)10-5-3-2-4-6-10/h5,7-9H,2-4,6H2,1H3. The summed E-state index contributed by atoms with van der Waals surface area (Å²) in [6, 6.07) is 5.19. The molecule has 0 N–H and O–H groups in total. The molecule has 0 atom stereocenters. The molecule has 1 aromatic carbocycles. The lowest BCUT2D eigenvalue weighted by Crippen LogP contribution is -1.94. The van der Waals surface area contributed by atoms with Crippen LogP contribution in [0.1, 0.15) is 31.2 Å². The summed E-state index contributed by atoms with van der Waals surface area (Å²) in [5, 5.41) is 0. The first-order valence-electron chi connectivity index (χ1n) is 5.34. The molecule has 2 heteroatoms. The van der Waals surface area contributed by atoms with Gasteiger partial charge in [0.1, 0.15) is 0 Å². The molecule has 0 unspecified atom stereocenters. The van der Waals surface area contributed by atoms with Crippen LogP contribution in [0.3, 0.4) is 0 Å². The predicted molar refractivity (Wildman–Crippen MR) is 59.4 cm³/mol. The molecule has 0 saturated heterocycles. The molecule has 0 aliphatic heterocycles. The fourth-order valence-corrected chi connectivity index (χ4v) is 1.97. The molecule has 1 aliphatic rings. The third kappa shape index (κ3) is 2.20. The van der Waals surface area contributed by atoms with Gasteiger partial charge >= 0.3 is 0 Å². The van der Waals surface area contributed by atoms with Crippen LogP contribution in [-0.2, 0) is 0 Å². The highest BCUT2D eigenvalue weighted by Gasteiger charge is 2.09. The summed E-state index contributed by atoms with van der Waals surface area (Å²) in [5.41, 5.74) is 2.26. The molecule has 0 bridgehead atoms. The number of allylic oxidation sites excluding steroid dienone is 2. The van der Waals surface area contributed by atoms with E-state index in [2.05, 4.69) is 6.08 Å². The van der Waals surface area contributed by atoms with Crippen LogP contribution in [0.2, 0.25) is 0 Å². The molecule has 1 aliphatic carbocycles. The van der Waals surface area contributed by atoms with E-state index in [4.69, 9.17) is 4.74 Å². The first-order chi connectivity index (χ1) is 7.31. The van der Waals surface area contributed by atoms with Gasteiger partial charge < -0.3 is 4.74 Å². The van der Waals surface area contributed by atoms with Crippen LogP contribution in [0.5, 0.6) is 5.75 Å². The predicted octanol–water partition coefficient (Wildman–Crippen LogP) is 3.79. The van der Waals surface area contributed by atoms with Gasteiger partial charge in [0.05, 0.1) is 7.11 Å². The highest BCUT2D eigenvalue weighted by Crippen LogP contribution is 2.29. The Morgan fingerprint density at radius 2 is 2.13 bits per heavy atom.